The van der Waals surface area contributed by atoms with E-state index < -0.39 is 0 Å². The van der Waals surface area contributed by atoms with E-state index in [9.17, 15) is 9.59 Å². The molecule has 2 aromatic rings. The van der Waals surface area contributed by atoms with Gasteiger partial charge in [0.2, 0.25) is 11.8 Å². The van der Waals surface area contributed by atoms with Gasteiger partial charge in [-0.1, -0.05) is 12.8 Å². The van der Waals surface area contributed by atoms with E-state index in [0.717, 1.165) is 49.9 Å². The van der Waals surface area contributed by atoms with Crippen LogP contribution in [0.25, 0.3) is 0 Å². The number of nitrogens with two attached hydrogens (primary N) is 2. The van der Waals surface area contributed by atoms with Crippen molar-refractivity contribution >= 4 is 34.6 Å². The molecule has 0 aliphatic carbocycles. The van der Waals surface area contributed by atoms with Crippen LogP contribution >= 0.6 is 0 Å². The Labute approximate surface area is 189 Å². The fourth-order valence-corrected chi connectivity index (χ4v) is 3.00. The molecule has 0 radical (unpaired) electrons. The van der Waals surface area contributed by atoms with Crippen molar-refractivity contribution in [2.45, 2.75) is 51.4 Å². The molecule has 8 heteroatoms. The first-order valence-electron chi connectivity index (χ1n) is 11.2. The van der Waals surface area contributed by atoms with E-state index in [-0.39, 0.29) is 11.8 Å². The average Bonchev–Trinajstić information content (AvgIpc) is 2.80. The predicted molar refractivity (Wildman–Crippen MR) is 129 cm³/mol. The Balaban J connectivity index is 1.77. The first-order chi connectivity index (χ1) is 15.6. The molecule has 0 spiro atoms. The molecule has 0 heterocycles. The van der Waals surface area contributed by atoms with E-state index >= 15 is 0 Å². The van der Waals surface area contributed by atoms with Gasteiger partial charge in [-0.25, -0.2) is 0 Å². The van der Waals surface area contributed by atoms with Crippen LogP contribution in [0.15, 0.2) is 58.8 Å². The van der Waals surface area contributed by atoms with Crippen LogP contribution < -0.4 is 22.1 Å². The van der Waals surface area contributed by atoms with Crippen LogP contribution in [-0.2, 0) is 9.59 Å². The third-order valence-electron chi connectivity index (χ3n) is 4.80. The molecule has 0 saturated carbocycles. The second-order valence-electron chi connectivity index (χ2n) is 7.59. The molecular formula is C24H34N6O2. The number of carbonyl (C=O) groups is 2. The van der Waals surface area contributed by atoms with Crippen LogP contribution in [0.2, 0.25) is 0 Å². The zero-order valence-corrected chi connectivity index (χ0v) is 18.6. The summed E-state index contributed by atoms with van der Waals surface area (Å²) in [4.78, 5) is 23.9. The smallest absolute Gasteiger partial charge is 0.224 e. The Morgan fingerprint density at radius 3 is 1.31 bits per heavy atom. The minimum Gasteiger partial charge on any atom is -0.330 e. The van der Waals surface area contributed by atoms with Crippen molar-refractivity contribution in [1.82, 2.24) is 0 Å². The van der Waals surface area contributed by atoms with Gasteiger partial charge in [-0.3, -0.25) is 9.59 Å². The van der Waals surface area contributed by atoms with Gasteiger partial charge in [-0.15, -0.1) is 0 Å². The molecule has 6 N–H and O–H groups in total. The van der Waals surface area contributed by atoms with E-state index in [1.807, 2.05) is 0 Å². The summed E-state index contributed by atoms with van der Waals surface area (Å²) in [5.74, 6) is -0.00160. The molecule has 32 heavy (non-hydrogen) atoms. The Morgan fingerprint density at radius 1 is 0.594 bits per heavy atom. The highest BCUT2D eigenvalue weighted by Gasteiger charge is 2.03. The molecule has 0 saturated heterocycles. The number of nitrogens with zero attached hydrogens (tertiary/aromatic N) is 2. The van der Waals surface area contributed by atoms with E-state index in [1.165, 1.54) is 0 Å². The highest BCUT2D eigenvalue weighted by atomic mass is 16.2. The lowest BCUT2D eigenvalue weighted by atomic mass is 10.2. The number of unbranched alkanes of at least 4 members (excludes halogenated alkanes) is 4. The molecule has 2 rings (SSSR count). The van der Waals surface area contributed by atoms with Gasteiger partial charge in [0, 0.05) is 24.2 Å². The number of hydrogen-bond acceptors (Lipinski definition) is 6. The van der Waals surface area contributed by atoms with Gasteiger partial charge in [0.15, 0.2) is 0 Å². The largest absolute Gasteiger partial charge is 0.330 e. The van der Waals surface area contributed by atoms with Gasteiger partial charge in [0.05, 0.1) is 11.4 Å². The minimum atomic E-state index is -0.000798. The first-order valence-corrected chi connectivity index (χ1v) is 11.2. The number of anilines is 2. The topological polar surface area (TPSA) is 135 Å². The second kappa shape index (κ2) is 14.8. The van der Waals surface area contributed by atoms with Gasteiger partial charge in [-0.05, 0) is 87.3 Å². The van der Waals surface area contributed by atoms with Crippen molar-refractivity contribution in [2.75, 3.05) is 23.7 Å². The normalized spacial score (nSPS) is 10.9. The molecule has 0 bridgehead atoms. The maximum atomic E-state index is 11.9. The van der Waals surface area contributed by atoms with Crippen LogP contribution in [0.4, 0.5) is 22.7 Å². The summed E-state index contributed by atoms with van der Waals surface area (Å²) in [6, 6.07) is 14.4. The number of hydrogen-bond donors (Lipinski definition) is 4. The zero-order chi connectivity index (χ0) is 23.0. The Hall–Kier alpha value is -3.10. The van der Waals surface area contributed by atoms with Gasteiger partial charge < -0.3 is 22.1 Å². The van der Waals surface area contributed by atoms with Crippen LogP contribution in [0.1, 0.15) is 51.4 Å². The standard InChI is InChI=1S/C24H34N6O2/c25-17-5-1-3-7-23(31)27-19-9-13-21(14-10-19)29-30-22-15-11-20(12-16-22)28-24(32)8-4-2-6-18-26/h9-16H,1-8,17-18,25-26H2,(H,27,31)(H,28,32). The van der Waals surface area contributed by atoms with Crippen LogP contribution in [0.3, 0.4) is 0 Å². The SMILES string of the molecule is NCCCCCC(=O)Nc1ccc(N=Nc2ccc(NC(=O)CCCCCN)cc2)cc1. The molecular weight excluding hydrogens is 404 g/mol. The monoisotopic (exact) mass is 438 g/mol. The summed E-state index contributed by atoms with van der Waals surface area (Å²) in [5, 5.41) is 14.2. The van der Waals surface area contributed by atoms with E-state index in [2.05, 4.69) is 20.9 Å². The minimum absolute atomic E-state index is 0.000798. The van der Waals surface area contributed by atoms with Crippen LogP contribution in [-0.4, -0.2) is 24.9 Å². The van der Waals surface area contributed by atoms with Gasteiger partial charge >= 0.3 is 0 Å². The van der Waals surface area contributed by atoms with E-state index in [1.54, 1.807) is 48.5 Å². The summed E-state index contributed by atoms with van der Waals surface area (Å²) < 4.78 is 0. The number of nitrogens with one attached hydrogen (secondary N) is 2. The molecule has 2 amide bonds. The third-order valence-corrected chi connectivity index (χ3v) is 4.80. The Kier molecular flexibility index (Phi) is 11.7. The maximum Gasteiger partial charge on any atom is 0.224 e. The average molecular weight is 439 g/mol. The molecule has 0 aromatic heterocycles. The Bertz CT molecular complexity index is 778. The van der Waals surface area contributed by atoms with E-state index in [4.69, 9.17) is 11.5 Å². The molecule has 0 aliphatic heterocycles. The van der Waals surface area contributed by atoms with Crippen molar-refractivity contribution in [2.24, 2.45) is 21.7 Å². The number of amides is 2. The Morgan fingerprint density at radius 2 is 0.969 bits per heavy atom. The highest BCUT2D eigenvalue weighted by molar-refractivity contribution is 5.91. The van der Waals surface area contributed by atoms with Crippen LogP contribution in [0, 0.1) is 0 Å². The summed E-state index contributed by atoms with van der Waals surface area (Å²) >= 11 is 0. The van der Waals surface area contributed by atoms with Crippen molar-refractivity contribution in [3.05, 3.63) is 48.5 Å². The molecule has 172 valence electrons. The summed E-state index contributed by atoms with van der Waals surface area (Å²) in [6.07, 6.45) is 6.48. The lowest BCUT2D eigenvalue weighted by Gasteiger charge is -2.05. The number of rotatable bonds is 14. The van der Waals surface area contributed by atoms with Crippen molar-refractivity contribution in [3.8, 4) is 0 Å². The number of carbonyl (C=O) groups excluding carboxylic acids is 2. The van der Waals surface area contributed by atoms with Crippen LogP contribution in [0.5, 0.6) is 0 Å². The van der Waals surface area contributed by atoms with Gasteiger partial charge in [0.1, 0.15) is 0 Å². The summed E-state index contributed by atoms with van der Waals surface area (Å²) in [6.45, 7) is 1.32. The quantitative estimate of drug-likeness (QED) is 0.243. The molecule has 0 fully saturated rings. The van der Waals surface area contributed by atoms with Crippen molar-refractivity contribution < 1.29 is 9.59 Å². The third kappa shape index (κ3) is 10.3. The maximum absolute atomic E-state index is 11.9. The van der Waals surface area contributed by atoms with Gasteiger partial charge in [-0.2, -0.15) is 10.2 Å². The molecule has 0 aliphatic rings. The van der Waals surface area contributed by atoms with Gasteiger partial charge in [0.25, 0.3) is 0 Å². The summed E-state index contributed by atoms with van der Waals surface area (Å²) in [7, 11) is 0. The number of benzene rings is 2. The molecule has 0 unspecified atom stereocenters. The second-order valence-corrected chi connectivity index (χ2v) is 7.59. The van der Waals surface area contributed by atoms with E-state index in [0.29, 0.717) is 37.3 Å². The molecule has 0 atom stereocenters. The zero-order valence-electron chi connectivity index (χ0n) is 18.6. The first kappa shape index (κ1) is 25.2. The van der Waals surface area contributed by atoms with Crippen molar-refractivity contribution in [3.63, 3.8) is 0 Å². The molecule has 8 nitrogen and oxygen atoms in total. The lowest BCUT2D eigenvalue weighted by Crippen LogP contribution is -2.11. The predicted octanol–water partition coefficient (Wildman–Crippen LogP) is 5.02. The summed E-state index contributed by atoms with van der Waals surface area (Å²) in [5.41, 5.74) is 13.7. The van der Waals surface area contributed by atoms with Crippen molar-refractivity contribution in [1.29, 1.82) is 0 Å². The fraction of sp³-hybridized carbons (Fsp3) is 0.417. The highest BCUT2D eigenvalue weighted by Crippen LogP contribution is 2.22. The fourth-order valence-electron chi connectivity index (χ4n) is 3.00. The lowest BCUT2D eigenvalue weighted by molar-refractivity contribution is -0.117. The number of azo groups is 1. The molecule has 2 aromatic carbocycles.